The molecule has 1 saturated carbocycles. The van der Waals surface area contributed by atoms with Gasteiger partial charge in [-0.3, -0.25) is 4.79 Å². The van der Waals surface area contributed by atoms with Crippen LogP contribution in [-0.2, 0) is 4.79 Å². The SMILES string of the molecule is CCCCNC(=O)CNC1CCC(CCC)CC1. The molecular formula is C15H30N2O. The van der Waals surface area contributed by atoms with E-state index in [1.165, 1.54) is 38.5 Å². The number of carbonyl (C=O) groups is 1. The molecule has 0 unspecified atom stereocenters. The number of carbonyl (C=O) groups excluding carboxylic acids is 1. The van der Waals surface area contributed by atoms with Crippen LogP contribution < -0.4 is 10.6 Å². The highest BCUT2D eigenvalue weighted by molar-refractivity contribution is 5.77. The predicted octanol–water partition coefficient (Wildman–Crippen LogP) is 2.85. The van der Waals surface area contributed by atoms with Crippen LogP contribution in [0, 0.1) is 5.92 Å². The molecule has 0 aromatic carbocycles. The lowest BCUT2D eigenvalue weighted by Gasteiger charge is -2.28. The highest BCUT2D eigenvalue weighted by Gasteiger charge is 2.20. The van der Waals surface area contributed by atoms with Crippen LogP contribution in [0.15, 0.2) is 0 Å². The lowest BCUT2D eigenvalue weighted by atomic mass is 9.83. The van der Waals surface area contributed by atoms with Crippen molar-refractivity contribution in [2.75, 3.05) is 13.1 Å². The summed E-state index contributed by atoms with van der Waals surface area (Å²) in [6, 6.07) is 0.565. The molecule has 1 fully saturated rings. The van der Waals surface area contributed by atoms with Crippen molar-refractivity contribution < 1.29 is 4.79 Å². The van der Waals surface area contributed by atoms with E-state index in [-0.39, 0.29) is 5.91 Å². The fourth-order valence-electron chi connectivity index (χ4n) is 2.77. The zero-order valence-corrected chi connectivity index (χ0v) is 12.1. The van der Waals surface area contributed by atoms with Gasteiger partial charge >= 0.3 is 0 Å². The Kier molecular flexibility index (Phi) is 8.06. The van der Waals surface area contributed by atoms with Crippen LogP contribution in [0.2, 0.25) is 0 Å². The Labute approximate surface area is 112 Å². The van der Waals surface area contributed by atoms with E-state index in [1.807, 2.05) is 0 Å². The van der Waals surface area contributed by atoms with Crippen LogP contribution in [0.1, 0.15) is 65.2 Å². The molecular weight excluding hydrogens is 224 g/mol. The van der Waals surface area contributed by atoms with Gasteiger partial charge in [-0.2, -0.15) is 0 Å². The van der Waals surface area contributed by atoms with Crippen molar-refractivity contribution in [2.24, 2.45) is 5.92 Å². The first kappa shape index (κ1) is 15.5. The molecule has 106 valence electrons. The maximum atomic E-state index is 11.6. The lowest BCUT2D eigenvalue weighted by Crippen LogP contribution is -2.41. The molecule has 0 aromatic heterocycles. The molecule has 0 saturated heterocycles. The lowest BCUT2D eigenvalue weighted by molar-refractivity contribution is -0.120. The maximum Gasteiger partial charge on any atom is 0.233 e. The summed E-state index contributed by atoms with van der Waals surface area (Å²) in [5.74, 6) is 1.09. The van der Waals surface area contributed by atoms with Crippen LogP contribution in [0.3, 0.4) is 0 Å². The van der Waals surface area contributed by atoms with Crippen LogP contribution in [0.25, 0.3) is 0 Å². The normalized spacial score (nSPS) is 23.9. The van der Waals surface area contributed by atoms with E-state index in [4.69, 9.17) is 0 Å². The summed E-state index contributed by atoms with van der Waals surface area (Å²) >= 11 is 0. The Hall–Kier alpha value is -0.570. The summed E-state index contributed by atoms with van der Waals surface area (Å²) in [6.45, 7) is 5.72. The molecule has 1 aliphatic rings. The number of unbranched alkanes of at least 4 members (excludes halogenated alkanes) is 1. The first-order valence-corrected chi connectivity index (χ1v) is 7.76. The molecule has 1 amide bonds. The molecule has 1 aliphatic carbocycles. The minimum absolute atomic E-state index is 0.152. The largest absolute Gasteiger partial charge is 0.355 e. The van der Waals surface area contributed by atoms with Crippen LogP contribution in [0.5, 0.6) is 0 Å². The number of nitrogens with one attached hydrogen (secondary N) is 2. The van der Waals surface area contributed by atoms with Gasteiger partial charge in [0.2, 0.25) is 5.91 Å². The molecule has 0 bridgehead atoms. The van der Waals surface area contributed by atoms with Crippen LogP contribution in [0.4, 0.5) is 0 Å². The molecule has 18 heavy (non-hydrogen) atoms. The molecule has 0 heterocycles. The maximum absolute atomic E-state index is 11.6. The van der Waals surface area contributed by atoms with Crippen molar-refractivity contribution in [1.29, 1.82) is 0 Å². The standard InChI is InChI=1S/C15H30N2O/c1-3-5-11-16-15(18)12-17-14-9-7-13(6-4-2)8-10-14/h13-14,17H,3-12H2,1-2H3,(H,16,18). The van der Waals surface area contributed by atoms with Gasteiger partial charge in [0.25, 0.3) is 0 Å². The summed E-state index contributed by atoms with van der Waals surface area (Å²) in [5.41, 5.74) is 0. The van der Waals surface area contributed by atoms with Gasteiger partial charge in [0, 0.05) is 12.6 Å². The Morgan fingerprint density at radius 2 is 1.83 bits per heavy atom. The third-order valence-corrected chi connectivity index (χ3v) is 3.95. The zero-order valence-electron chi connectivity index (χ0n) is 12.1. The number of hydrogen-bond acceptors (Lipinski definition) is 2. The van der Waals surface area contributed by atoms with Gasteiger partial charge in [0.05, 0.1) is 6.54 Å². The van der Waals surface area contributed by atoms with E-state index < -0.39 is 0 Å². The minimum Gasteiger partial charge on any atom is -0.355 e. The van der Waals surface area contributed by atoms with Crippen molar-refractivity contribution in [1.82, 2.24) is 10.6 Å². The molecule has 3 heteroatoms. The van der Waals surface area contributed by atoms with E-state index >= 15 is 0 Å². The zero-order chi connectivity index (χ0) is 13.2. The van der Waals surface area contributed by atoms with E-state index in [0.717, 1.165) is 25.3 Å². The summed E-state index contributed by atoms with van der Waals surface area (Å²) < 4.78 is 0. The molecule has 0 aromatic rings. The Bertz CT molecular complexity index is 223. The number of hydrogen-bond donors (Lipinski definition) is 2. The van der Waals surface area contributed by atoms with Gasteiger partial charge in [-0.25, -0.2) is 0 Å². The second-order valence-corrected chi connectivity index (χ2v) is 5.59. The highest BCUT2D eigenvalue weighted by atomic mass is 16.1. The molecule has 0 atom stereocenters. The van der Waals surface area contributed by atoms with Gasteiger partial charge < -0.3 is 10.6 Å². The smallest absolute Gasteiger partial charge is 0.233 e. The van der Waals surface area contributed by atoms with Crippen molar-refractivity contribution >= 4 is 5.91 Å². The molecule has 3 nitrogen and oxygen atoms in total. The summed E-state index contributed by atoms with van der Waals surface area (Å²) in [5, 5.41) is 6.35. The summed E-state index contributed by atoms with van der Waals surface area (Å²) in [7, 11) is 0. The van der Waals surface area contributed by atoms with E-state index in [9.17, 15) is 4.79 Å². The number of amides is 1. The minimum atomic E-state index is 0.152. The molecule has 2 N–H and O–H groups in total. The third-order valence-electron chi connectivity index (χ3n) is 3.95. The molecule has 0 radical (unpaired) electrons. The van der Waals surface area contributed by atoms with Gasteiger partial charge in [0.15, 0.2) is 0 Å². The van der Waals surface area contributed by atoms with Gasteiger partial charge in [0.1, 0.15) is 0 Å². The van der Waals surface area contributed by atoms with Crippen molar-refractivity contribution in [3.05, 3.63) is 0 Å². The van der Waals surface area contributed by atoms with Gasteiger partial charge in [-0.15, -0.1) is 0 Å². The fourth-order valence-corrected chi connectivity index (χ4v) is 2.77. The Balaban J connectivity index is 2.04. The van der Waals surface area contributed by atoms with E-state index in [1.54, 1.807) is 0 Å². The van der Waals surface area contributed by atoms with E-state index in [2.05, 4.69) is 24.5 Å². The van der Waals surface area contributed by atoms with Crippen molar-refractivity contribution in [2.45, 2.75) is 71.3 Å². The van der Waals surface area contributed by atoms with E-state index in [0.29, 0.717) is 12.6 Å². The second-order valence-electron chi connectivity index (χ2n) is 5.59. The second kappa shape index (κ2) is 9.37. The highest BCUT2D eigenvalue weighted by Crippen LogP contribution is 2.27. The Morgan fingerprint density at radius 1 is 1.11 bits per heavy atom. The monoisotopic (exact) mass is 254 g/mol. The topological polar surface area (TPSA) is 41.1 Å². The van der Waals surface area contributed by atoms with Crippen LogP contribution in [-0.4, -0.2) is 25.0 Å². The first-order chi connectivity index (χ1) is 8.76. The first-order valence-electron chi connectivity index (χ1n) is 7.76. The van der Waals surface area contributed by atoms with Crippen molar-refractivity contribution in [3.8, 4) is 0 Å². The molecule has 0 spiro atoms. The number of rotatable bonds is 8. The predicted molar refractivity (Wildman–Crippen MR) is 76.6 cm³/mol. The van der Waals surface area contributed by atoms with Crippen LogP contribution >= 0.6 is 0 Å². The average molecular weight is 254 g/mol. The average Bonchev–Trinajstić information content (AvgIpc) is 2.39. The summed E-state index contributed by atoms with van der Waals surface area (Å²) in [6.07, 6.45) is 10.1. The molecule has 0 aliphatic heterocycles. The van der Waals surface area contributed by atoms with Crippen molar-refractivity contribution in [3.63, 3.8) is 0 Å². The Morgan fingerprint density at radius 3 is 2.44 bits per heavy atom. The molecule has 1 rings (SSSR count). The third kappa shape index (κ3) is 6.39. The quantitative estimate of drug-likeness (QED) is 0.654. The fraction of sp³-hybridized carbons (Fsp3) is 0.933. The van der Waals surface area contributed by atoms with Gasteiger partial charge in [-0.1, -0.05) is 33.1 Å². The summed E-state index contributed by atoms with van der Waals surface area (Å²) in [4.78, 5) is 11.6. The van der Waals surface area contributed by atoms with Gasteiger partial charge in [-0.05, 0) is 38.0 Å².